The Morgan fingerprint density at radius 3 is 2.84 bits per heavy atom. The van der Waals surface area contributed by atoms with Crippen molar-refractivity contribution in [1.29, 1.82) is 0 Å². The fourth-order valence-corrected chi connectivity index (χ4v) is 2.54. The molecule has 0 spiro atoms. The summed E-state index contributed by atoms with van der Waals surface area (Å²) in [5, 5.41) is 0.0934. The Morgan fingerprint density at radius 1 is 1.47 bits per heavy atom. The molecule has 0 atom stereocenters. The van der Waals surface area contributed by atoms with E-state index in [1.54, 1.807) is 12.1 Å². The number of imidazole rings is 1. The Kier molecular flexibility index (Phi) is 2.97. The number of rotatable bonds is 3. The van der Waals surface area contributed by atoms with E-state index >= 15 is 0 Å². The van der Waals surface area contributed by atoms with Crippen molar-refractivity contribution in [3.63, 3.8) is 0 Å². The van der Waals surface area contributed by atoms with Gasteiger partial charge < -0.3 is 10.3 Å². The molecule has 19 heavy (non-hydrogen) atoms. The third kappa shape index (κ3) is 2.00. The quantitative estimate of drug-likeness (QED) is 0.928. The first-order valence-corrected chi connectivity index (χ1v) is 6.82. The molecule has 1 fully saturated rings. The van der Waals surface area contributed by atoms with Gasteiger partial charge in [-0.3, -0.25) is 0 Å². The van der Waals surface area contributed by atoms with Crippen LogP contribution in [-0.2, 0) is 6.42 Å². The van der Waals surface area contributed by atoms with Gasteiger partial charge in [-0.2, -0.15) is 0 Å². The van der Waals surface area contributed by atoms with Crippen molar-refractivity contribution in [2.24, 2.45) is 0 Å². The zero-order valence-electron chi connectivity index (χ0n) is 10.7. The monoisotopic (exact) mass is 279 g/mol. The summed E-state index contributed by atoms with van der Waals surface area (Å²) in [4.78, 5) is 4.50. The molecule has 0 bridgehead atoms. The lowest BCUT2D eigenvalue weighted by atomic mass is 10.1. The molecule has 3 nitrogen and oxygen atoms in total. The minimum atomic E-state index is -0.459. The number of halogens is 2. The zero-order chi connectivity index (χ0) is 13.6. The van der Waals surface area contributed by atoms with Crippen LogP contribution in [0.3, 0.4) is 0 Å². The third-order valence-electron chi connectivity index (χ3n) is 3.46. The molecule has 3 rings (SSSR count). The molecule has 2 N–H and O–H groups in total. The molecule has 0 amide bonds. The van der Waals surface area contributed by atoms with Crippen molar-refractivity contribution in [3.8, 4) is 11.3 Å². The number of benzene rings is 1. The summed E-state index contributed by atoms with van der Waals surface area (Å²) in [5.74, 6) is 0.994. The molecule has 1 saturated carbocycles. The summed E-state index contributed by atoms with van der Waals surface area (Å²) in [7, 11) is 0. The number of hydrogen-bond donors (Lipinski definition) is 1. The Balaban J connectivity index is 2.17. The first kappa shape index (κ1) is 12.5. The van der Waals surface area contributed by atoms with E-state index in [0.29, 0.717) is 23.1 Å². The maximum absolute atomic E-state index is 14.1. The third-order valence-corrected chi connectivity index (χ3v) is 3.75. The summed E-state index contributed by atoms with van der Waals surface area (Å²) >= 11 is 5.82. The lowest BCUT2D eigenvalue weighted by Crippen LogP contribution is -2.04. The highest BCUT2D eigenvalue weighted by Crippen LogP contribution is 2.41. The fourth-order valence-electron chi connectivity index (χ4n) is 2.37. The van der Waals surface area contributed by atoms with Gasteiger partial charge in [0, 0.05) is 18.0 Å². The number of aromatic nitrogens is 2. The van der Waals surface area contributed by atoms with Gasteiger partial charge in [-0.25, -0.2) is 9.37 Å². The molecule has 0 aliphatic heterocycles. The standard InChI is InChI=1S/C14H15ClFN3/c1-2-11-18-13(14(17)19(11)8-6-7-8)9-4-3-5-10(15)12(9)16/h3-5,8H,2,6-7,17H2,1H3. The van der Waals surface area contributed by atoms with Crippen LogP contribution >= 0.6 is 11.6 Å². The smallest absolute Gasteiger partial charge is 0.151 e. The van der Waals surface area contributed by atoms with E-state index in [0.717, 1.165) is 25.1 Å². The topological polar surface area (TPSA) is 43.8 Å². The van der Waals surface area contributed by atoms with Crippen LogP contribution < -0.4 is 5.73 Å². The van der Waals surface area contributed by atoms with Crippen LogP contribution in [0, 0.1) is 5.82 Å². The first-order valence-electron chi connectivity index (χ1n) is 6.44. The lowest BCUT2D eigenvalue weighted by molar-refractivity contribution is 0.631. The number of hydrogen-bond acceptors (Lipinski definition) is 2. The van der Waals surface area contributed by atoms with E-state index in [9.17, 15) is 4.39 Å². The predicted molar refractivity (Wildman–Crippen MR) is 74.7 cm³/mol. The van der Waals surface area contributed by atoms with Gasteiger partial charge in [0.05, 0.1) is 5.02 Å². The molecule has 0 unspecified atom stereocenters. The largest absolute Gasteiger partial charge is 0.383 e. The molecule has 2 aromatic rings. The van der Waals surface area contributed by atoms with Crippen molar-refractivity contribution < 1.29 is 4.39 Å². The molecule has 0 radical (unpaired) electrons. The predicted octanol–water partition coefficient (Wildman–Crippen LogP) is 3.82. The van der Waals surface area contributed by atoms with Crippen LogP contribution in [0.1, 0.15) is 31.6 Å². The molecular formula is C14H15ClFN3. The van der Waals surface area contributed by atoms with Crippen molar-refractivity contribution >= 4 is 17.4 Å². The molecule has 5 heteroatoms. The van der Waals surface area contributed by atoms with Crippen molar-refractivity contribution in [1.82, 2.24) is 9.55 Å². The second-order valence-electron chi connectivity index (χ2n) is 4.82. The molecule has 1 aromatic heterocycles. The van der Waals surface area contributed by atoms with Crippen molar-refractivity contribution in [3.05, 3.63) is 34.9 Å². The SMILES string of the molecule is CCc1nc(-c2cccc(Cl)c2F)c(N)n1C1CC1. The number of nitrogens with two attached hydrogens (primary N) is 1. The Bertz CT molecular complexity index is 632. The van der Waals surface area contributed by atoms with Crippen LogP contribution in [0.5, 0.6) is 0 Å². The molecule has 1 aliphatic carbocycles. The minimum Gasteiger partial charge on any atom is -0.383 e. The summed E-state index contributed by atoms with van der Waals surface area (Å²) < 4.78 is 16.1. The van der Waals surface area contributed by atoms with E-state index < -0.39 is 5.82 Å². The van der Waals surface area contributed by atoms with E-state index in [1.807, 2.05) is 11.5 Å². The van der Waals surface area contributed by atoms with Crippen LogP contribution in [-0.4, -0.2) is 9.55 Å². The Morgan fingerprint density at radius 2 is 2.21 bits per heavy atom. The van der Waals surface area contributed by atoms with E-state index in [1.165, 1.54) is 6.07 Å². The van der Waals surface area contributed by atoms with E-state index in [-0.39, 0.29) is 5.02 Å². The minimum absolute atomic E-state index is 0.0934. The second kappa shape index (κ2) is 4.53. The average molecular weight is 280 g/mol. The van der Waals surface area contributed by atoms with Gasteiger partial charge >= 0.3 is 0 Å². The Hall–Kier alpha value is -1.55. The Labute approximate surface area is 116 Å². The van der Waals surface area contributed by atoms with E-state index in [4.69, 9.17) is 17.3 Å². The summed E-state index contributed by atoms with van der Waals surface area (Å²) in [6.07, 6.45) is 3.01. The van der Waals surface area contributed by atoms with Gasteiger partial charge in [0.2, 0.25) is 0 Å². The van der Waals surface area contributed by atoms with Crippen LogP contribution in [0.15, 0.2) is 18.2 Å². The number of anilines is 1. The zero-order valence-corrected chi connectivity index (χ0v) is 11.4. The number of nitrogens with zero attached hydrogens (tertiary/aromatic N) is 2. The average Bonchev–Trinajstić information content (AvgIpc) is 3.17. The highest BCUT2D eigenvalue weighted by molar-refractivity contribution is 6.31. The molecule has 1 aliphatic rings. The number of aryl methyl sites for hydroxylation is 1. The van der Waals surface area contributed by atoms with Crippen molar-refractivity contribution in [2.75, 3.05) is 5.73 Å². The summed E-state index contributed by atoms with van der Waals surface area (Å²) in [6, 6.07) is 5.33. The number of nitrogen functional groups attached to an aromatic ring is 1. The highest BCUT2D eigenvalue weighted by Gasteiger charge is 2.30. The summed E-state index contributed by atoms with van der Waals surface area (Å²) in [6.45, 7) is 2.03. The lowest BCUT2D eigenvalue weighted by Gasteiger charge is -2.07. The summed E-state index contributed by atoms with van der Waals surface area (Å²) in [5.41, 5.74) is 7.04. The van der Waals surface area contributed by atoms with Crippen LogP contribution in [0.4, 0.5) is 10.2 Å². The first-order chi connectivity index (χ1) is 9.13. The van der Waals surface area contributed by atoms with Gasteiger partial charge in [-0.15, -0.1) is 0 Å². The van der Waals surface area contributed by atoms with Gasteiger partial charge in [-0.05, 0) is 25.0 Å². The molecule has 100 valence electrons. The van der Waals surface area contributed by atoms with Crippen LogP contribution in [0.2, 0.25) is 5.02 Å². The van der Waals surface area contributed by atoms with Gasteiger partial charge in [0.25, 0.3) is 0 Å². The normalized spacial score (nSPS) is 14.9. The molecule has 1 aromatic carbocycles. The van der Waals surface area contributed by atoms with Crippen molar-refractivity contribution in [2.45, 2.75) is 32.2 Å². The van der Waals surface area contributed by atoms with Gasteiger partial charge in [-0.1, -0.05) is 24.6 Å². The fraction of sp³-hybridized carbons (Fsp3) is 0.357. The molecule has 1 heterocycles. The molecular weight excluding hydrogens is 265 g/mol. The van der Waals surface area contributed by atoms with Gasteiger partial charge in [0.1, 0.15) is 17.3 Å². The van der Waals surface area contributed by atoms with Crippen LogP contribution in [0.25, 0.3) is 11.3 Å². The maximum Gasteiger partial charge on any atom is 0.151 e. The maximum atomic E-state index is 14.1. The van der Waals surface area contributed by atoms with Gasteiger partial charge in [0.15, 0.2) is 5.82 Å². The van der Waals surface area contributed by atoms with E-state index in [2.05, 4.69) is 4.98 Å². The molecule has 0 saturated heterocycles. The second-order valence-corrected chi connectivity index (χ2v) is 5.23. The highest BCUT2D eigenvalue weighted by atomic mass is 35.5.